The van der Waals surface area contributed by atoms with Gasteiger partial charge in [0.05, 0.1) is 10.0 Å². The first-order valence-corrected chi connectivity index (χ1v) is 5.98. The number of imidazole rings is 1. The highest BCUT2D eigenvalue weighted by Crippen LogP contribution is 2.32. The molecule has 0 fully saturated rings. The number of rotatable bonds is 1. The van der Waals surface area contributed by atoms with E-state index in [0.29, 0.717) is 21.4 Å². The highest BCUT2D eigenvalue weighted by molar-refractivity contribution is 6.43. The van der Waals surface area contributed by atoms with Crippen LogP contribution in [0, 0.1) is 0 Å². The largest absolute Gasteiger partial charge is 0.332 e. The van der Waals surface area contributed by atoms with E-state index in [1.54, 1.807) is 18.2 Å². The molecule has 0 bridgehead atoms. The number of aromatic amines is 3. The van der Waals surface area contributed by atoms with Crippen molar-refractivity contribution in [1.82, 2.24) is 19.9 Å². The molecule has 2 heterocycles. The van der Waals surface area contributed by atoms with Crippen molar-refractivity contribution in [2.24, 2.45) is 0 Å². The lowest BCUT2D eigenvalue weighted by molar-refractivity contribution is 1.07. The molecule has 0 aliphatic rings. The van der Waals surface area contributed by atoms with Crippen LogP contribution in [0.25, 0.3) is 22.6 Å². The smallest absolute Gasteiger partial charge is 0.327 e. The van der Waals surface area contributed by atoms with E-state index in [2.05, 4.69) is 19.9 Å². The van der Waals surface area contributed by atoms with Crippen molar-refractivity contribution in [3.8, 4) is 11.4 Å². The summed E-state index contributed by atoms with van der Waals surface area (Å²) in [6.45, 7) is 0. The SMILES string of the molecule is O=c1[nH]c(=O)c2[nH]c(-c3cccc(Cl)c3Cl)nc2[nH]1. The molecule has 3 N–H and O–H groups in total. The zero-order valence-electron chi connectivity index (χ0n) is 9.25. The van der Waals surface area contributed by atoms with Crippen molar-refractivity contribution >= 4 is 34.4 Å². The number of H-pyrrole nitrogens is 3. The van der Waals surface area contributed by atoms with Gasteiger partial charge in [0.25, 0.3) is 5.56 Å². The molecule has 19 heavy (non-hydrogen) atoms. The minimum absolute atomic E-state index is 0.166. The predicted octanol–water partition coefficient (Wildman–Crippen LogP) is 1.91. The topological polar surface area (TPSA) is 94.4 Å². The summed E-state index contributed by atoms with van der Waals surface area (Å²) in [5, 5.41) is 0.698. The summed E-state index contributed by atoms with van der Waals surface area (Å²) in [6, 6.07) is 5.06. The van der Waals surface area contributed by atoms with E-state index < -0.39 is 11.2 Å². The predicted molar refractivity (Wildman–Crippen MR) is 72.8 cm³/mol. The molecule has 0 radical (unpaired) electrons. The lowest BCUT2D eigenvalue weighted by Gasteiger charge is -2.01. The van der Waals surface area contributed by atoms with E-state index in [-0.39, 0.29) is 11.2 Å². The Morgan fingerprint density at radius 2 is 1.84 bits per heavy atom. The van der Waals surface area contributed by atoms with E-state index in [4.69, 9.17) is 23.2 Å². The average Bonchev–Trinajstić information content (AvgIpc) is 2.76. The lowest BCUT2D eigenvalue weighted by Crippen LogP contribution is -2.21. The second-order valence-electron chi connectivity index (χ2n) is 3.82. The van der Waals surface area contributed by atoms with Crippen molar-refractivity contribution < 1.29 is 0 Å². The van der Waals surface area contributed by atoms with Gasteiger partial charge in [0.2, 0.25) is 0 Å². The quantitative estimate of drug-likeness (QED) is 0.640. The Bertz CT molecular complexity index is 894. The molecule has 0 saturated carbocycles. The first kappa shape index (κ1) is 12.0. The normalized spacial score (nSPS) is 11.1. The van der Waals surface area contributed by atoms with Gasteiger partial charge in [-0.3, -0.25) is 14.8 Å². The Hall–Kier alpha value is -2.05. The zero-order valence-corrected chi connectivity index (χ0v) is 10.8. The molecule has 1 aromatic carbocycles. The first-order valence-electron chi connectivity index (χ1n) is 5.23. The highest BCUT2D eigenvalue weighted by atomic mass is 35.5. The summed E-state index contributed by atoms with van der Waals surface area (Å²) >= 11 is 12.0. The summed E-state index contributed by atoms with van der Waals surface area (Å²) in [7, 11) is 0. The van der Waals surface area contributed by atoms with E-state index in [1.165, 1.54) is 0 Å². The Kier molecular flexibility index (Phi) is 2.69. The Morgan fingerprint density at radius 3 is 2.63 bits per heavy atom. The number of nitrogens with one attached hydrogen (secondary N) is 3. The third-order valence-corrected chi connectivity index (χ3v) is 3.42. The maximum atomic E-state index is 11.6. The second-order valence-corrected chi connectivity index (χ2v) is 4.60. The molecule has 6 nitrogen and oxygen atoms in total. The molecule has 3 aromatic rings. The van der Waals surface area contributed by atoms with Gasteiger partial charge in [0.1, 0.15) is 11.3 Å². The number of halogens is 2. The van der Waals surface area contributed by atoms with Gasteiger partial charge < -0.3 is 4.98 Å². The van der Waals surface area contributed by atoms with Crippen LogP contribution in [-0.4, -0.2) is 19.9 Å². The van der Waals surface area contributed by atoms with Crippen molar-refractivity contribution in [3.63, 3.8) is 0 Å². The Balaban J connectivity index is 2.33. The van der Waals surface area contributed by atoms with Crippen LogP contribution in [0.15, 0.2) is 27.8 Å². The molecule has 0 atom stereocenters. The zero-order chi connectivity index (χ0) is 13.6. The van der Waals surface area contributed by atoms with Crippen LogP contribution in [0.4, 0.5) is 0 Å². The van der Waals surface area contributed by atoms with Gasteiger partial charge in [-0.1, -0.05) is 29.3 Å². The van der Waals surface area contributed by atoms with Crippen LogP contribution in [0.5, 0.6) is 0 Å². The summed E-state index contributed by atoms with van der Waals surface area (Å²) in [6.07, 6.45) is 0. The van der Waals surface area contributed by atoms with Gasteiger partial charge in [-0.05, 0) is 12.1 Å². The maximum Gasteiger partial charge on any atom is 0.327 e. The van der Waals surface area contributed by atoms with Crippen molar-refractivity contribution in [2.45, 2.75) is 0 Å². The molecule has 0 spiro atoms. The van der Waals surface area contributed by atoms with E-state index in [1.807, 2.05) is 0 Å². The molecule has 0 aliphatic carbocycles. The molecule has 2 aromatic heterocycles. The number of hydrogen-bond acceptors (Lipinski definition) is 3. The molecular weight excluding hydrogens is 291 g/mol. The number of hydrogen-bond donors (Lipinski definition) is 3. The van der Waals surface area contributed by atoms with E-state index in [0.717, 1.165) is 0 Å². The van der Waals surface area contributed by atoms with Gasteiger partial charge in [-0.15, -0.1) is 0 Å². The van der Waals surface area contributed by atoms with Gasteiger partial charge in [-0.25, -0.2) is 9.78 Å². The van der Waals surface area contributed by atoms with Crippen molar-refractivity contribution in [2.75, 3.05) is 0 Å². The standard InChI is InChI=1S/C11H6Cl2N4O2/c12-5-3-1-2-4(6(5)13)8-14-7-9(15-8)16-11(19)17-10(7)18/h1-3H,(H3,14,15,16,17,18,19). The van der Waals surface area contributed by atoms with Crippen molar-refractivity contribution in [3.05, 3.63) is 49.1 Å². The monoisotopic (exact) mass is 296 g/mol. The molecule has 0 aliphatic heterocycles. The third-order valence-electron chi connectivity index (χ3n) is 2.60. The summed E-state index contributed by atoms with van der Waals surface area (Å²) < 4.78 is 0. The minimum Gasteiger partial charge on any atom is -0.332 e. The molecule has 3 rings (SSSR count). The van der Waals surface area contributed by atoms with Crippen LogP contribution in [0.1, 0.15) is 0 Å². The molecule has 0 unspecified atom stereocenters. The fourth-order valence-electron chi connectivity index (χ4n) is 1.75. The highest BCUT2D eigenvalue weighted by Gasteiger charge is 2.13. The molecule has 0 amide bonds. The number of nitrogens with zero attached hydrogens (tertiary/aromatic N) is 1. The van der Waals surface area contributed by atoms with Crippen LogP contribution in [0.2, 0.25) is 10.0 Å². The van der Waals surface area contributed by atoms with Gasteiger partial charge in [0.15, 0.2) is 5.65 Å². The van der Waals surface area contributed by atoms with Gasteiger partial charge in [-0.2, -0.15) is 0 Å². The van der Waals surface area contributed by atoms with E-state index in [9.17, 15) is 9.59 Å². The number of aromatic nitrogens is 4. The first-order chi connectivity index (χ1) is 9.06. The number of benzene rings is 1. The van der Waals surface area contributed by atoms with Gasteiger partial charge in [0, 0.05) is 5.56 Å². The number of fused-ring (bicyclic) bond motifs is 1. The lowest BCUT2D eigenvalue weighted by atomic mass is 10.2. The maximum absolute atomic E-state index is 11.6. The van der Waals surface area contributed by atoms with Gasteiger partial charge >= 0.3 is 5.69 Å². The Labute approximate surface area is 115 Å². The Morgan fingerprint density at radius 1 is 1.05 bits per heavy atom. The van der Waals surface area contributed by atoms with Crippen LogP contribution < -0.4 is 11.2 Å². The molecule has 8 heteroatoms. The summed E-state index contributed by atoms with van der Waals surface area (Å²) in [5.74, 6) is 0.356. The van der Waals surface area contributed by atoms with Crippen LogP contribution in [0.3, 0.4) is 0 Å². The molecule has 96 valence electrons. The average molecular weight is 297 g/mol. The summed E-state index contributed by atoms with van der Waals surface area (Å²) in [4.78, 5) is 34.2. The fourth-order valence-corrected chi connectivity index (χ4v) is 2.14. The van der Waals surface area contributed by atoms with E-state index >= 15 is 0 Å². The molecule has 0 saturated heterocycles. The van der Waals surface area contributed by atoms with Crippen LogP contribution in [-0.2, 0) is 0 Å². The molecular formula is C11H6Cl2N4O2. The second kappa shape index (κ2) is 4.25. The fraction of sp³-hybridized carbons (Fsp3) is 0. The summed E-state index contributed by atoms with van der Waals surface area (Å²) in [5.41, 5.74) is -0.278. The minimum atomic E-state index is -0.618. The van der Waals surface area contributed by atoms with Crippen LogP contribution >= 0.6 is 23.2 Å². The van der Waals surface area contributed by atoms with Crippen molar-refractivity contribution in [1.29, 1.82) is 0 Å². The third kappa shape index (κ3) is 1.94.